The second-order valence-electron chi connectivity index (χ2n) is 8.53. The Labute approximate surface area is 212 Å². The summed E-state index contributed by atoms with van der Waals surface area (Å²) >= 11 is 1.60. The molecule has 3 rings (SSSR count). The molecule has 0 bridgehead atoms. The molecule has 1 unspecified atom stereocenters. The van der Waals surface area contributed by atoms with Gasteiger partial charge in [0.25, 0.3) is 0 Å². The van der Waals surface area contributed by atoms with Crippen LogP contribution in [0.15, 0.2) is 34.6 Å². The van der Waals surface area contributed by atoms with E-state index in [-0.39, 0.29) is 5.97 Å². The number of esters is 1. The van der Waals surface area contributed by atoms with Crippen molar-refractivity contribution >= 4 is 23.7 Å². The zero-order valence-electron chi connectivity index (χ0n) is 21.6. The van der Waals surface area contributed by atoms with Gasteiger partial charge in [0.2, 0.25) is 11.1 Å². The van der Waals surface area contributed by atoms with E-state index in [1.54, 1.807) is 23.6 Å². The van der Waals surface area contributed by atoms with Crippen molar-refractivity contribution in [3.63, 3.8) is 0 Å². The number of fused-ring (bicyclic) bond motifs is 1. The summed E-state index contributed by atoms with van der Waals surface area (Å²) in [6.07, 6.45) is 6.04. The van der Waals surface area contributed by atoms with E-state index in [1.807, 2.05) is 25.1 Å². The summed E-state index contributed by atoms with van der Waals surface area (Å²) in [4.78, 5) is 17.9. The van der Waals surface area contributed by atoms with Crippen LogP contribution >= 0.6 is 11.8 Å². The van der Waals surface area contributed by atoms with E-state index in [2.05, 4.69) is 31.1 Å². The molecule has 0 radical (unpaired) electrons. The molecule has 0 amide bonds. The molecule has 0 saturated carbocycles. The minimum atomic E-state index is -0.494. The first-order valence-corrected chi connectivity index (χ1v) is 13.6. The molecule has 2 heterocycles. The zero-order chi connectivity index (χ0) is 25.2. The van der Waals surface area contributed by atoms with Gasteiger partial charge in [-0.3, -0.25) is 0 Å². The lowest BCUT2D eigenvalue weighted by Crippen LogP contribution is -2.29. The van der Waals surface area contributed by atoms with Gasteiger partial charge in [-0.15, -0.1) is 5.10 Å². The topological polar surface area (TPSA) is 87.5 Å². The Morgan fingerprint density at radius 1 is 1.09 bits per heavy atom. The predicted octanol–water partition coefficient (Wildman–Crippen LogP) is 5.99. The Hall–Kier alpha value is -2.68. The van der Waals surface area contributed by atoms with Crippen LogP contribution in [-0.4, -0.2) is 46.8 Å². The summed E-state index contributed by atoms with van der Waals surface area (Å²) in [6, 6.07) is 5.29. The zero-order valence-corrected chi connectivity index (χ0v) is 22.4. The van der Waals surface area contributed by atoms with Gasteiger partial charge in [-0.2, -0.15) is 4.98 Å². The highest BCUT2D eigenvalue weighted by Gasteiger charge is 2.35. The van der Waals surface area contributed by atoms with E-state index in [1.165, 1.54) is 0 Å². The molecule has 1 atom stereocenters. The lowest BCUT2D eigenvalue weighted by Gasteiger charge is -2.28. The number of unbranched alkanes of at least 4 members (excludes halogenated alkanes) is 3. The third-order valence-electron chi connectivity index (χ3n) is 5.73. The molecule has 1 N–H and O–H groups in total. The largest absolute Gasteiger partial charge is 0.493 e. The number of nitrogens with one attached hydrogen (secondary N) is 1. The van der Waals surface area contributed by atoms with Gasteiger partial charge in [0.05, 0.1) is 25.9 Å². The highest BCUT2D eigenvalue weighted by molar-refractivity contribution is 7.99. The third kappa shape index (κ3) is 6.72. The number of thioether (sulfide) groups is 1. The number of ether oxygens (including phenoxy) is 3. The molecular formula is C26H38N4O4S. The second-order valence-corrected chi connectivity index (χ2v) is 9.59. The van der Waals surface area contributed by atoms with Gasteiger partial charge in [-0.25, -0.2) is 9.48 Å². The first kappa shape index (κ1) is 26.9. The monoisotopic (exact) mass is 502 g/mol. The van der Waals surface area contributed by atoms with Gasteiger partial charge >= 0.3 is 5.97 Å². The predicted molar refractivity (Wildman–Crippen MR) is 139 cm³/mol. The fraction of sp³-hybridized carbons (Fsp3) is 0.577. The average Bonchev–Trinajstić information content (AvgIpc) is 3.26. The van der Waals surface area contributed by atoms with Crippen molar-refractivity contribution in [3.05, 3.63) is 35.0 Å². The number of benzene rings is 1. The molecule has 35 heavy (non-hydrogen) atoms. The van der Waals surface area contributed by atoms with Crippen molar-refractivity contribution in [3.8, 4) is 11.5 Å². The number of hydrogen-bond acceptors (Lipinski definition) is 8. The van der Waals surface area contributed by atoms with E-state index < -0.39 is 6.04 Å². The molecule has 1 aliphatic rings. The minimum absolute atomic E-state index is 0.351. The lowest BCUT2D eigenvalue weighted by atomic mass is 9.95. The molecule has 0 aliphatic carbocycles. The standard InChI is InChI=1S/C26H38N4O4S/c1-6-9-11-15-33-20-13-12-19(17-21(20)32-5)23-22(24(31)34-14-10-7-2)18(4)27-25-28-26(29-30(23)25)35-16-8-3/h12-13,17,23H,6-11,14-16H2,1-5H3,(H,27,28,29). The van der Waals surface area contributed by atoms with Crippen molar-refractivity contribution in [1.82, 2.24) is 14.8 Å². The van der Waals surface area contributed by atoms with E-state index in [9.17, 15) is 4.79 Å². The summed E-state index contributed by atoms with van der Waals surface area (Å²) in [6.45, 7) is 9.25. The number of allylic oxidation sites excluding steroid dienone is 1. The number of carbonyl (C=O) groups is 1. The Kier molecular flexibility index (Phi) is 10.3. The van der Waals surface area contributed by atoms with Crippen LogP contribution in [0.5, 0.6) is 11.5 Å². The van der Waals surface area contributed by atoms with E-state index in [4.69, 9.17) is 19.3 Å². The molecule has 0 saturated heterocycles. The Balaban J connectivity index is 1.98. The molecule has 0 spiro atoms. The average molecular weight is 503 g/mol. The maximum absolute atomic E-state index is 13.2. The number of anilines is 1. The molecule has 2 aromatic rings. The summed E-state index contributed by atoms with van der Waals surface area (Å²) < 4.78 is 19.0. The van der Waals surface area contributed by atoms with Crippen molar-refractivity contribution in [2.45, 2.75) is 77.4 Å². The molecule has 1 aliphatic heterocycles. The number of hydrogen-bond donors (Lipinski definition) is 1. The molecule has 192 valence electrons. The van der Waals surface area contributed by atoms with Gasteiger partial charge in [-0.1, -0.05) is 57.9 Å². The highest BCUT2D eigenvalue weighted by atomic mass is 32.2. The summed E-state index contributed by atoms with van der Waals surface area (Å²) in [7, 11) is 1.63. The van der Waals surface area contributed by atoms with Crippen LogP contribution in [-0.2, 0) is 9.53 Å². The fourth-order valence-electron chi connectivity index (χ4n) is 3.85. The molecule has 1 aromatic carbocycles. The summed E-state index contributed by atoms with van der Waals surface area (Å²) in [5, 5.41) is 8.68. The third-order valence-corrected chi connectivity index (χ3v) is 6.77. The summed E-state index contributed by atoms with van der Waals surface area (Å²) in [5.41, 5.74) is 2.08. The lowest BCUT2D eigenvalue weighted by molar-refractivity contribution is -0.139. The van der Waals surface area contributed by atoms with Crippen molar-refractivity contribution < 1.29 is 19.0 Å². The molecule has 0 fully saturated rings. The number of methoxy groups -OCH3 is 1. The van der Waals surface area contributed by atoms with Gasteiger partial charge in [0.15, 0.2) is 11.5 Å². The van der Waals surface area contributed by atoms with Crippen LogP contribution in [0.4, 0.5) is 5.95 Å². The molecule has 8 nitrogen and oxygen atoms in total. The first-order valence-electron chi connectivity index (χ1n) is 12.6. The molecular weight excluding hydrogens is 464 g/mol. The normalized spacial score (nSPS) is 14.9. The highest BCUT2D eigenvalue weighted by Crippen LogP contribution is 2.40. The van der Waals surface area contributed by atoms with Crippen molar-refractivity contribution in [1.29, 1.82) is 0 Å². The maximum atomic E-state index is 13.2. The summed E-state index contributed by atoms with van der Waals surface area (Å²) in [5.74, 6) is 2.49. The first-order chi connectivity index (χ1) is 17.0. The minimum Gasteiger partial charge on any atom is -0.493 e. The van der Waals surface area contributed by atoms with Crippen molar-refractivity contribution in [2.75, 3.05) is 31.4 Å². The van der Waals surface area contributed by atoms with Gasteiger partial charge in [0.1, 0.15) is 6.04 Å². The number of rotatable bonds is 14. The Bertz CT molecular complexity index is 1020. The fourth-order valence-corrected chi connectivity index (χ4v) is 4.54. The smallest absolute Gasteiger partial charge is 0.338 e. The SMILES string of the molecule is CCCCCOc1ccc(C2C(C(=O)OCCCC)=C(C)Nc3nc(SCCC)nn32)cc1OC. The van der Waals surface area contributed by atoms with Crippen LogP contribution in [0.25, 0.3) is 0 Å². The van der Waals surface area contributed by atoms with Crippen LogP contribution < -0.4 is 14.8 Å². The molecule has 1 aromatic heterocycles. The Morgan fingerprint density at radius 3 is 2.60 bits per heavy atom. The number of aromatic nitrogens is 3. The number of carbonyl (C=O) groups excluding carboxylic acids is 1. The van der Waals surface area contributed by atoms with Crippen LogP contribution in [0.2, 0.25) is 0 Å². The van der Waals surface area contributed by atoms with Crippen LogP contribution in [0.1, 0.15) is 77.8 Å². The van der Waals surface area contributed by atoms with Gasteiger partial charge in [0, 0.05) is 11.4 Å². The second kappa shape index (κ2) is 13.4. The molecule has 9 heteroatoms. The van der Waals surface area contributed by atoms with E-state index >= 15 is 0 Å². The van der Waals surface area contributed by atoms with Gasteiger partial charge < -0.3 is 19.5 Å². The quantitative estimate of drug-likeness (QED) is 0.191. The number of nitrogens with zero attached hydrogens (tertiary/aromatic N) is 3. The Morgan fingerprint density at radius 2 is 1.89 bits per heavy atom. The van der Waals surface area contributed by atoms with Gasteiger partial charge in [-0.05, 0) is 43.9 Å². The van der Waals surface area contributed by atoms with Crippen LogP contribution in [0, 0.1) is 0 Å². The van der Waals surface area contributed by atoms with Crippen molar-refractivity contribution in [2.24, 2.45) is 0 Å². The maximum Gasteiger partial charge on any atom is 0.338 e. The van der Waals surface area contributed by atoms with Crippen LogP contribution in [0.3, 0.4) is 0 Å². The van der Waals surface area contributed by atoms with E-state index in [0.717, 1.165) is 49.8 Å². The van der Waals surface area contributed by atoms with E-state index in [0.29, 0.717) is 47.1 Å².